The van der Waals surface area contributed by atoms with Crippen LogP contribution in [0.2, 0.25) is 0 Å². The normalized spacial score (nSPS) is 9.05. The number of rotatable bonds is 3. The van der Waals surface area contributed by atoms with Gasteiger partial charge in [-0.15, -0.1) is 0 Å². The van der Waals surface area contributed by atoms with Crippen molar-refractivity contribution in [2.24, 2.45) is 0 Å². The third-order valence-corrected chi connectivity index (χ3v) is 6.80. The number of ether oxygens (including phenoxy) is 1. The van der Waals surface area contributed by atoms with Crippen LogP contribution in [0.1, 0.15) is 77.8 Å². The summed E-state index contributed by atoms with van der Waals surface area (Å²) >= 11 is 0. The average molecular weight is 847 g/mol. The SMILES string of the molecule is CCC.CCc1ncc(C)cn1.CNc1cncc(C)c1.COc1ncc(C)cn1.Cc1ccc(N)nc1.Cc1cn[nH]c(=O)c1.Cc1cnc(C)nc1.Cc1cncc(N)c1. The van der Waals surface area contributed by atoms with E-state index in [1.165, 1.54) is 18.1 Å². The molecule has 0 fully saturated rings. The second kappa shape index (κ2) is 33.6. The lowest BCUT2D eigenvalue weighted by Gasteiger charge is -1.97. The van der Waals surface area contributed by atoms with Crippen molar-refractivity contribution < 1.29 is 4.74 Å². The quantitative estimate of drug-likeness (QED) is 0.131. The summed E-state index contributed by atoms with van der Waals surface area (Å²) in [6.07, 6.45) is 23.3. The smallest absolute Gasteiger partial charge is 0.316 e. The predicted molar refractivity (Wildman–Crippen MR) is 252 cm³/mol. The van der Waals surface area contributed by atoms with Gasteiger partial charge in [0.2, 0.25) is 0 Å². The van der Waals surface area contributed by atoms with Gasteiger partial charge >= 0.3 is 6.01 Å². The standard InChI is InChI=1S/2C7H10N2.C6H8N2O.3C6H8N2.C5H6N2O.C3H8/c1-6-3-7(8-2)5-9-4-6;1-3-7-8-4-6(2)5-9-7;1-5-3-7-6(9-2)8-4-5;1-5-3-7-6(2)8-4-5;1-5-2-6(7)4-8-3-5;1-5-2-3-6(7)8-4-5;1-4-2-5(8)7-6-3-4;1-3-2/h3-5,8H,1-2H3;4-5H,3H2,1-2H3;3-4H,1-2H3;3-4H,1-2H3;2-4H,7H2,1H3;2-4H,1H3,(H2,7,8);2-3H,1H3,(H,7,8);3H2,1-2H3. The first kappa shape index (κ1) is 54.8. The molecule has 16 nitrogen and oxygen atoms in total. The molecule has 62 heavy (non-hydrogen) atoms. The maximum absolute atomic E-state index is 10.4. The van der Waals surface area contributed by atoms with Crippen LogP contribution < -0.4 is 27.1 Å². The van der Waals surface area contributed by atoms with Gasteiger partial charge in [-0.3, -0.25) is 14.8 Å². The second-order valence-electron chi connectivity index (χ2n) is 13.5. The van der Waals surface area contributed by atoms with Gasteiger partial charge < -0.3 is 21.5 Å². The molecule has 0 aromatic carbocycles. The number of nitrogens with two attached hydrogens (primary N) is 2. The third-order valence-electron chi connectivity index (χ3n) is 6.80. The van der Waals surface area contributed by atoms with E-state index in [0.717, 1.165) is 62.8 Å². The summed E-state index contributed by atoms with van der Waals surface area (Å²) in [6, 6.07) is 9.56. The number of nitrogens with zero attached hydrogens (tertiary/aromatic N) is 10. The Morgan fingerprint density at radius 3 is 1.39 bits per heavy atom. The highest BCUT2D eigenvalue weighted by Crippen LogP contribution is 2.05. The molecule has 7 aromatic heterocycles. The van der Waals surface area contributed by atoms with Crippen LogP contribution in [-0.4, -0.2) is 69.2 Å². The Hall–Kier alpha value is -7.23. The van der Waals surface area contributed by atoms with Gasteiger partial charge in [0.1, 0.15) is 17.5 Å². The topological polar surface area (TPSA) is 235 Å². The molecule has 7 aromatic rings. The number of hydrogen-bond acceptors (Lipinski definition) is 15. The van der Waals surface area contributed by atoms with Crippen LogP contribution in [0.25, 0.3) is 0 Å². The number of pyridine rings is 3. The second-order valence-corrected chi connectivity index (χ2v) is 13.5. The lowest BCUT2D eigenvalue weighted by Crippen LogP contribution is -2.05. The number of aromatic nitrogens is 11. The van der Waals surface area contributed by atoms with Gasteiger partial charge in [0.05, 0.1) is 24.7 Å². The van der Waals surface area contributed by atoms with Crippen LogP contribution in [0.5, 0.6) is 6.01 Å². The summed E-state index contributed by atoms with van der Waals surface area (Å²) in [5, 5.41) is 8.82. The largest absolute Gasteiger partial charge is 0.467 e. The maximum atomic E-state index is 10.4. The molecular weight excluding hydrogens is 781 g/mol. The van der Waals surface area contributed by atoms with Crippen LogP contribution in [0.3, 0.4) is 0 Å². The van der Waals surface area contributed by atoms with Crippen molar-refractivity contribution in [3.8, 4) is 6.01 Å². The number of H-pyrrole nitrogens is 1. The molecule has 0 bridgehead atoms. The summed E-state index contributed by atoms with van der Waals surface area (Å²) in [6.45, 7) is 21.8. The minimum atomic E-state index is -0.148. The monoisotopic (exact) mass is 847 g/mol. The average Bonchev–Trinajstić information content (AvgIpc) is 3.25. The van der Waals surface area contributed by atoms with E-state index < -0.39 is 0 Å². The maximum Gasteiger partial charge on any atom is 0.316 e. The van der Waals surface area contributed by atoms with Gasteiger partial charge in [-0.05, 0) is 113 Å². The van der Waals surface area contributed by atoms with E-state index in [9.17, 15) is 4.79 Å². The first-order chi connectivity index (χ1) is 29.5. The molecule has 16 heteroatoms. The Morgan fingerprint density at radius 2 is 1.05 bits per heavy atom. The summed E-state index contributed by atoms with van der Waals surface area (Å²) < 4.78 is 4.75. The zero-order valence-corrected chi connectivity index (χ0v) is 38.7. The first-order valence-corrected chi connectivity index (χ1v) is 19.9. The molecule has 0 radical (unpaired) electrons. The molecule has 0 amide bonds. The lowest BCUT2D eigenvalue weighted by atomic mass is 10.3. The predicted octanol–water partition coefficient (Wildman–Crippen LogP) is 8.11. The Kier molecular flexibility index (Phi) is 29.7. The van der Waals surface area contributed by atoms with Crippen molar-refractivity contribution in [3.63, 3.8) is 0 Å². The number of nitrogen functional groups attached to an aromatic ring is 2. The van der Waals surface area contributed by atoms with Crippen molar-refractivity contribution in [1.29, 1.82) is 0 Å². The van der Waals surface area contributed by atoms with E-state index in [-0.39, 0.29) is 5.56 Å². The van der Waals surface area contributed by atoms with Gasteiger partial charge in [-0.25, -0.2) is 40.0 Å². The molecule has 0 unspecified atom stereocenters. The van der Waals surface area contributed by atoms with Gasteiger partial charge in [0.15, 0.2) is 0 Å². The van der Waals surface area contributed by atoms with Crippen molar-refractivity contribution >= 4 is 17.2 Å². The summed E-state index contributed by atoms with van der Waals surface area (Å²) in [5.74, 6) is 2.33. The molecule has 7 rings (SSSR count). The van der Waals surface area contributed by atoms with Gasteiger partial charge in [-0.2, -0.15) is 5.10 Å². The molecule has 0 aliphatic heterocycles. The van der Waals surface area contributed by atoms with E-state index in [0.29, 0.717) is 11.8 Å². The minimum absolute atomic E-state index is 0.148. The molecule has 7 heterocycles. The zero-order chi connectivity index (χ0) is 46.7. The molecule has 0 saturated heterocycles. The summed E-state index contributed by atoms with van der Waals surface area (Å²) in [7, 11) is 3.43. The Bertz CT molecular complexity index is 2070. The van der Waals surface area contributed by atoms with E-state index in [1.807, 2.05) is 119 Å². The van der Waals surface area contributed by atoms with E-state index >= 15 is 0 Å². The molecule has 6 N–H and O–H groups in total. The van der Waals surface area contributed by atoms with Crippen molar-refractivity contribution in [1.82, 2.24) is 55.1 Å². The number of anilines is 3. The number of nitrogens with one attached hydrogen (secondary N) is 2. The van der Waals surface area contributed by atoms with Crippen molar-refractivity contribution in [2.45, 2.75) is 89.0 Å². The number of aryl methyl sites for hydroxylation is 9. The highest BCUT2D eigenvalue weighted by molar-refractivity contribution is 5.41. The minimum Gasteiger partial charge on any atom is -0.467 e. The van der Waals surface area contributed by atoms with E-state index in [4.69, 9.17) is 16.2 Å². The molecular formula is C46H66N14O2. The molecule has 0 atom stereocenters. The van der Waals surface area contributed by atoms with Gasteiger partial charge in [0.25, 0.3) is 5.56 Å². The van der Waals surface area contributed by atoms with Gasteiger partial charge in [0, 0.05) is 87.7 Å². The number of aromatic amines is 1. The van der Waals surface area contributed by atoms with Crippen LogP contribution in [0.4, 0.5) is 17.2 Å². The summed E-state index contributed by atoms with van der Waals surface area (Å²) in [4.78, 5) is 45.9. The number of hydrogen-bond donors (Lipinski definition) is 4. The summed E-state index contributed by atoms with van der Waals surface area (Å²) in [5.41, 5.74) is 19.9. The van der Waals surface area contributed by atoms with Crippen LogP contribution >= 0.6 is 0 Å². The Morgan fingerprint density at radius 1 is 0.565 bits per heavy atom. The molecule has 0 saturated carbocycles. The van der Waals surface area contributed by atoms with E-state index in [1.54, 1.807) is 56.6 Å². The van der Waals surface area contributed by atoms with Crippen LogP contribution in [-0.2, 0) is 6.42 Å². The molecule has 0 aliphatic rings. The first-order valence-electron chi connectivity index (χ1n) is 19.9. The fourth-order valence-electron chi connectivity index (χ4n) is 3.77. The third kappa shape index (κ3) is 29.9. The van der Waals surface area contributed by atoms with Gasteiger partial charge in [-0.1, -0.05) is 33.3 Å². The highest BCUT2D eigenvalue weighted by Gasteiger charge is 1.90. The molecule has 332 valence electrons. The molecule has 0 spiro atoms. The van der Waals surface area contributed by atoms with Crippen molar-refractivity contribution in [2.75, 3.05) is 30.9 Å². The fraction of sp³-hybridized carbons (Fsp3) is 0.326. The van der Waals surface area contributed by atoms with Crippen molar-refractivity contribution in [3.05, 3.63) is 166 Å². The fourth-order valence-corrected chi connectivity index (χ4v) is 3.77. The van der Waals surface area contributed by atoms with Crippen LogP contribution in [0.15, 0.2) is 109 Å². The zero-order valence-electron chi connectivity index (χ0n) is 38.7. The Labute approximate surface area is 367 Å². The highest BCUT2D eigenvalue weighted by atomic mass is 16.5. The lowest BCUT2D eigenvalue weighted by molar-refractivity contribution is 0.379. The Balaban J connectivity index is 0.000000693. The number of methoxy groups -OCH3 is 1. The molecule has 0 aliphatic carbocycles. The van der Waals surface area contributed by atoms with E-state index in [2.05, 4.69) is 74.2 Å². The van der Waals surface area contributed by atoms with Crippen LogP contribution in [0, 0.1) is 55.4 Å².